The van der Waals surface area contributed by atoms with Gasteiger partial charge < -0.3 is 5.32 Å². The van der Waals surface area contributed by atoms with Crippen molar-refractivity contribution >= 4 is 0 Å². The second-order valence-electron chi connectivity index (χ2n) is 4.33. The van der Waals surface area contributed by atoms with Crippen molar-refractivity contribution in [2.24, 2.45) is 0 Å². The summed E-state index contributed by atoms with van der Waals surface area (Å²) in [4.78, 5) is 4.26. The summed E-state index contributed by atoms with van der Waals surface area (Å²) in [5.41, 5.74) is 1.71. The van der Waals surface area contributed by atoms with Gasteiger partial charge in [-0.1, -0.05) is 11.3 Å². The van der Waals surface area contributed by atoms with E-state index in [0.29, 0.717) is 6.04 Å². The minimum absolute atomic E-state index is 0.535. The average molecular weight is 229 g/mol. The number of hydrogen-bond donors (Lipinski definition) is 1. The monoisotopic (exact) mass is 229 g/mol. The maximum atomic E-state index is 4.26. The summed E-state index contributed by atoms with van der Waals surface area (Å²) in [6, 6.07) is 6.34. The summed E-state index contributed by atoms with van der Waals surface area (Å²) in [5.74, 6) is 0. The zero-order valence-electron chi connectivity index (χ0n) is 9.58. The summed E-state index contributed by atoms with van der Waals surface area (Å²) in [6.45, 7) is 2.01. The SMILES string of the molecule is c1ccc(-c2cn(C[C@@H]3CCCN3)nn2)nc1. The highest BCUT2D eigenvalue weighted by Gasteiger charge is 2.15. The summed E-state index contributed by atoms with van der Waals surface area (Å²) in [6.07, 6.45) is 6.21. The lowest BCUT2D eigenvalue weighted by atomic mass is 10.2. The Labute approximate surface area is 99.9 Å². The lowest BCUT2D eigenvalue weighted by Gasteiger charge is -2.08. The van der Waals surface area contributed by atoms with Crippen LogP contribution >= 0.6 is 0 Å². The van der Waals surface area contributed by atoms with Gasteiger partial charge in [-0.05, 0) is 31.5 Å². The Bertz CT molecular complexity index is 473. The molecule has 0 amide bonds. The first-order valence-electron chi connectivity index (χ1n) is 5.97. The summed E-state index contributed by atoms with van der Waals surface area (Å²) in [7, 11) is 0. The number of pyridine rings is 1. The highest BCUT2D eigenvalue weighted by Crippen LogP contribution is 2.13. The van der Waals surface area contributed by atoms with Crippen molar-refractivity contribution in [3.8, 4) is 11.4 Å². The molecule has 0 unspecified atom stereocenters. The largest absolute Gasteiger partial charge is 0.312 e. The minimum Gasteiger partial charge on any atom is -0.312 e. The van der Waals surface area contributed by atoms with Gasteiger partial charge in [-0.3, -0.25) is 9.67 Å². The van der Waals surface area contributed by atoms with Crippen LogP contribution in [0.4, 0.5) is 0 Å². The molecular weight excluding hydrogens is 214 g/mol. The van der Waals surface area contributed by atoms with Crippen molar-refractivity contribution in [2.75, 3.05) is 6.54 Å². The molecule has 2 aromatic rings. The topological polar surface area (TPSA) is 55.6 Å². The van der Waals surface area contributed by atoms with Crippen LogP contribution in [0.1, 0.15) is 12.8 Å². The standard InChI is InChI=1S/C12H15N5/c1-2-6-14-11(5-1)12-9-17(16-15-12)8-10-4-3-7-13-10/h1-2,5-6,9-10,13H,3-4,7-8H2/t10-/m0/s1. The molecule has 0 aliphatic carbocycles. The molecule has 0 spiro atoms. The number of rotatable bonds is 3. The molecule has 3 rings (SSSR count). The third-order valence-electron chi connectivity index (χ3n) is 3.04. The maximum absolute atomic E-state index is 4.26. The van der Waals surface area contributed by atoms with Crippen LogP contribution in [0.25, 0.3) is 11.4 Å². The van der Waals surface area contributed by atoms with Crippen LogP contribution in [-0.2, 0) is 6.54 Å². The molecule has 5 heteroatoms. The predicted molar refractivity (Wildman–Crippen MR) is 64.3 cm³/mol. The fourth-order valence-electron chi connectivity index (χ4n) is 2.16. The van der Waals surface area contributed by atoms with E-state index in [1.807, 2.05) is 29.1 Å². The van der Waals surface area contributed by atoms with Gasteiger partial charge in [0.15, 0.2) is 0 Å². The van der Waals surface area contributed by atoms with Crippen LogP contribution in [0.2, 0.25) is 0 Å². The van der Waals surface area contributed by atoms with Gasteiger partial charge in [0.2, 0.25) is 0 Å². The predicted octanol–water partition coefficient (Wildman–Crippen LogP) is 1.09. The second-order valence-corrected chi connectivity index (χ2v) is 4.33. The summed E-state index contributed by atoms with van der Waals surface area (Å²) in [5, 5.41) is 11.7. The van der Waals surface area contributed by atoms with Crippen molar-refractivity contribution in [1.29, 1.82) is 0 Å². The third-order valence-corrected chi connectivity index (χ3v) is 3.04. The maximum Gasteiger partial charge on any atom is 0.131 e. The first-order valence-corrected chi connectivity index (χ1v) is 5.97. The van der Waals surface area contributed by atoms with Crippen LogP contribution in [0, 0.1) is 0 Å². The van der Waals surface area contributed by atoms with Crippen molar-refractivity contribution in [3.63, 3.8) is 0 Å². The number of nitrogens with one attached hydrogen (secondary N) is 1. The molecule has 3 heterocycles. The number of aromatic nitrogens is 4. The molecule has 2 aromatic heterocycles. The Kier molecular flexibility index (Phi) is 2.83. The van der Waals surface area contributed by atoms with Gasteiger partial charge in [0.1, 0.15) is 5.69 Å². The van der Waals surface area contributed by atoms with Crippen LogP contribution in [0.5, 0.6) is 0 Å². The molecule has 0 saturated carbocycles. The molecule has 88 valence electrons. The first kappa shape index (κ1) is 10.4. The van der Waals surface area contributed by atoms with E-state index in [4.69, 9.17) is 0 Å². The number of hydrogen-bond acceptors (Lipinski definition) is 4. The normalized spacial score (nSPS) is 19.6. The van der Waals surface area contributed by atoms with Crippen molar-refractivity contribution < 1.29 is 0 Å². The van der Waals surface area contributed by atoms with E-state index >= 15 is 0 Å². The van der Waals surface area contributed by atoms with Gasteiger partial charge in [0, 0.05) is 12.2 Å². The van der Waals surface area contributed by atoms with E-state index in [-0.39, 0.29) is 0 Å². The fraction of sp³-hybridized carbons (Fsp3) is 0.417. The minimum atomic E-state index is 0.535. The second kappa shape index (κ2) is 4.63. The van der Waals surface area contributed by atoms with Gasteiger partial charge in [0.05, 0.1) is 18.4 Å². The molecule has 1 aliphatic rings. The van der Waals surface area contributed by atoms with Crippen LogP contribution in [-0.4, -0.2) is 32.6 Å². The molecule has 0 aromatic carbocycles. The van der Waals surface area contributed by atoms with Gasteiger partial charge in [-0.15, -0.1) is 5.10 Å². The molecular formula is C12H15N5. The highest BCUT2D eigenvalue weighted by atomic mass is 15.4. The smallest absolute Gasteiger partial charge is 0.131 e. The fourth-order valence-corrected chi connectivity index (χ4v) is 2.16. The third kappa shape index (κ3) is 2.34. The van der Waals surface area contributed by atoms with E-state index in [2.05, 4.69) is 20.6 Å². The lowest BCUT2D eigenvalue weighted by molar-refractivity contribution is 0.466. The number of nitrogens with zero attached hydrogens (tertiary/aromatic N) is 4. The van der Waals surface area contributed by atoms with Gasteiger partial charge in [-0.25, -0.2) is 0 Å². The van der Waals surface area contributed by atoms with Crippen LogP contribution < -0.4 is 5.32 Å². The van der Waals surface area contributed by atoms with E-state index in [9.17, 15) is 0 Å². The molecule has 1 atom stereocenters. The van der Waals surface area contributed by atoms with Crippen molar-refractivity contribution in [1.82, 2.24) is 25.3 Å². The first-order chi connectivity index (χ1) is 8.42. The Morgan fingerprint density at radius 3 is 3.12 bits per heavy atom. The van der Waals surface area contributed by atoms with Crippen molar-refractivity contribution in [3.05, 3.63) is 30.6 Å². The quantitative estimate of drug-likeness (QED) is 0.856. The molecule has 5 nitrogen and oxygen atoms in total. The Morgan fingerprint density at radius 2 is 2.35 bits per heavy atom. The van der Waals surface area contributed by atoms with Gasteiger partial charge >= 0.3 is 0 Å². The molecule has 1 saturated heterocycles. The Balaban J connectivity index is 1.74. The van der Waals surface area contributed by atoms with Crippen LogP contribution in [0.15, 0.2) is 30.6 Å². The highest BCUT2D eigenvalue weighted by molar-refractivity contribution is 5.51. The Hall–Kier alpha value is -1.75. The lowest BCUT2D eigenvalue weighted by Crippen LogP contribution is -2.26. The molecule has 0 radical (unpaired) electrons. The Morgan fingerprint density at radius 1 is 1.35 bits per heavy atom. The van der Waals surface area contributed by atoms with E-state index in [1.54, 1.807) is 6.20 Å². The zero-order valence-corrected chi connectivity index (χ0v) is 9.58. The van der Waals surface area contributed by atoms with E-state index < -0.39 is 0 Å². The van der Waals surface area contributed by atoms with Crippen LogP contribution in [0.3, 0.4) is 0 Å². The molecule has 1 N–H and O–H groups in total. The molecule has 17 heavy (non-hydrogen) atoms. The summed E-state index contributed by atoms with van der Waals surface area (Å²) >= 11 is 0. The molecule has 1 fully saturated rings. The summed E-state index contributed by atoms with van der Waals surface area (Å²) < 4.78 is 1.90. The molecule has 0 bridgehead atoms. The van der Waals surface area contributed by atoms with E-state index in [1.165, 1.54) is 12.8 Å². The molecule has 1 aliphatic heterocycles. The van der Waals surface area contributed by atoms with Gasteiger partial charge in [0.25, 0.3) is 0 Å². The zero-order chi connectivity index (χ0) is 11.5. The van der Waals surface area contributed by atoms with E-state index in [0.717, 1.165) is 24.5 Å². The van der Waals surface area contributed by atoms with Gasteiger partial charge in [-0.2, -0.15) is 0 Å². The van der Waals surface area contributed by atoms with Crippen molar-refractivity contribution in [2.45, 2.75) is 25.4 Å². The average Bonchev–Trinajstić information content (AvgIpc) is 3.02.